The van der Waals surface area contributed by atoms with Crippen molar-refractivity contribution < 1.29 is 8.94 Å². The highest BCUT2D eigenvalue weighted by atomic mass is 32.2. The Morgan fingerprint density at radius 3 is 3.00 bits per heavy atom. The summed E-state index contributed by atoms with van der Waals surface area (Å²) in [5.41, 5.74) is 1.66. The number of rotatable bonds is 4. The molecule has 0 aliphatic heterocycles. The van der Waals surface area contributed by atoms with Crippen molar-refractivity contribution in [3.05, 3.63) is 54.6 Å². The molecule has 0 aromatic carbocycles. The maximum absolute atomic E-state index is 5.27. The second-order valence-electron chi connectivity index (χ2n) is 4.36. The zero-order chi connectivity index (χ0) is 14.1. The minimum Gasteiger partial charge on any atom is -0.461 e. The van der Waals surface area contributed by atoms with Crippen LogP contribution in [0, 0.1) is 0 Å². The van der Waals surface area contributed by atoms with Crippen LogP contribution >= 0.6 is 11.8 Å². The van der Waals surface area contributed by atoms with Crippen LogP contribution in [-0.4, -0.2) is 19.8 Å². The molecule has 0 radical (unpaired) electrons. The standard InChI is InChI=1S/C14H10N4O2S/c1-2-6-18-13(5-1)15-16-14(18)21-9-10-8-12(20-17-10)11-4-3-7-19-11/h1-8H,9H2. The van der Waals surface area contributed by atoms with Gasteiger partial charge in [-0.2, -0.15) is 0 Å². The molecule has 21 heavy (non-hydrogen) atoms. The first-order chi connectivity index (χ1) is 10.4. The Morgan fingerprint density at radius 1 is 1.10 bits per heavy atom. The lowest BCUT2D eigenvalue weighted by atomic mass is 10.3. The van der Waals surface area contributed by atoms with Crippen LogP contribution in [0.2, 0.25) is 0 Å². The number of nitrogens with zero attached hydrogens (tertiary/aromatic N) is 4. The Labute approximate surface area is 123 Å². The number of hydrogen-bond donors (Lipinski definition) is 0. The van der Waals surface area contributed by atoms with Crippen LogP contribution < -0.4 is 0 Å². The molecule has 7 heteroatoms. The highest BCUT2D eigenvalue weighted by Crippen LogP contribution is 2.25. The van der Waals surface area contributed by atoms with Gasteiger partial charge in [-0.15, -0.1) is 10.2 Å². The number of fused-ring (bicyclic) bond motifs is 1. The number of pyridine rings is 1. The molecule has 0 unspecified atom stereocenters. The van der Waals surface area contributed by atoms with Crippen molar-refractivity contribution in [1.29, 1.82) is 0 Å². The van der Waals surface area contributed by atoms with E-state index in [2.05, 4.69) is 15.4 Å². The Hall–Kier alpha value is -2.54. The fourth-order valence-corrected chi connectivity index (χ4v) is 2.78. The van der Waals surface area contributed by atoms with Crippen LogP contribution in [0.4, 0.5) is 0 Å². The van der Waals surface area contributed by atoms with E-state index in [0.717, 1.165) is 16.5 Å². The lowest BCUT2D eigenvalue weighted by molar-refractivity contribution is 0.413. The van der Waals surface area contributed by atoms with Crippen molar-refractivity contribution in [1.82, 2.24) is 19.8 Å². The maximum atomic E-state index is 5.27. The highest BCUT2D eigenvalue weighted by Gasteiger charge is 2.11. The van der Waals surface area contributed by atoms with Crippen LogP contribution in [-0.2, 0) is 5.75 Å². The summed E-state index contributed by atoms with van der Waals surface area (Å²) in [6.45, 7) is 0. The number of furan rings is 1. The topological polar surface area (TPSA) is 69.4 Å². The molecule has 4 heterocycles. The second kappa shape index (κ2) is 5.10. The Morgan fingerprint density at radius 2 is 2.10 bits per heavy atom. The Kier molecular flexibility index (Phi) is 2.97. The number of hydrogen-bond acceptors (Lipinski definition) is 6. The van der Waals surface area contributed by atoms with Crippen molar-refractivity contribution in [2.75, 3.05) is 0 Å². The normalized spacial score (nSPS) is 11.2. The molecule has 0 aliphatic carbocycles. The summed E-state index contributed by atoms with van der Waals surface area (Å²) in [7, 11) is 0. The van der Waals surface area contributed by atoms with Gasteiger partial charge >= 0.3 is 0 Å². The van der Waals surface area contributed by atoms with Gasteiger partial charge in [0.25, 0.3) is 0 Å². The van der Waals surface area contributed by atoms with E-state index < -0.39 is 0 Å². The van der Waals surface area contributed by atoms with E-state index in [1.165, 1.54) is 0 Å². The largest absolute Gasteiger partial charge is 0.461 e. The van der Waals surface area contributed by atoms with Crippen LogP contribution in [0.25, 0.3) is 17.2 Å². The van der Waals surface area contributed by atoms with Gasteiger partial charge in [0.2, 0.25) is 5.76 Å². The van der Waals surface area contributed by atoms with E-state index in [4.69, 9.17) is 8.94 Å². The maximum Gasteiger partial charge on any atom is 0.202 e. The summed E-state index contributed by atoms with van der Waals surface area (Å²) >= 11 is 1.56. The van der Waals surface area contributed by atoms with Gasteiger partial charge < -0.3 is 8.94 Å². The van der Waals surface area contributed by atoms with Gasteiger partial charge in [0.05, 0.1) is 12.0 Å². The summed E-state index contributed by atoms with van der Waals surface area (Å²) in [5.74, 6) is 1.95. The van der Waals surface area contributed by atoms with Gasteiger partial charge in [-0.1, -0.05) is 23.0 Å². The van der Waals surface area contributed by atoms with Crippen LogP contribution in [0.1, 0.15) is 5.69 Å². The predicted octanol–water partition coefficient (Wildman–Crippen LogP) is 3.27. The third-order valence-corrected chi connectivity index (χ3v) is 3.93. The van der Waals surface area contributed by atoms with E-state index >= 15 is 0 Å². The molecular weight excluding hydrogens is 288 g/mol. The van der Waals surface area contributed by atoms with Gasteiger partial charge in [-0.3, -0.25) is 4.40 Å². The van der Waals surface area contributed by atoms with Crippen molar-refractivity contribution >= 4 is 17.4 Å². The van der Waals surface area contributed by atoms with E-state index in [1.54, 1.807) is 18.0 Å². The molecule has 0 fully saturated rings. The fourth-order valence-electron chi connectivity index (χ4n) is 1.97. The smallest absolute Gasteiger partial charge is 0.202 e. The predicted molar refractivity (Wildman–Crippen MR) is 76.8 cm³/mol. The summed E-state index contributed by atoms with van der Waals surface area (Å²) in [4.78, 5) is 0. The van der Waals surface area contributed by atoms with Crippen LogP contribution in [0.5, 0.6) is 0 Å². The van der Waals surface area contributed by atoms with Crippen molar-refractivity contribution in [2.24, 2.45) is 0 Å². The lowest BCUT2D eigenvalue weighted by Gasteiger charge is -1.96. The SMILES string of the molecule is c1coc(-c2cc(CSc3nnc4ccccn34)no2)c1. The zero-order valence-electron chi connectivity index (χ0n) is 10.8. The van der Waals surface area contributed by atoms with Crippen LogP contribution in [0.3, 0.4) is 0 Å². The molecule has 0 bridgehead atoms. The van der Waals surface area contributed by atoms with Gasteiger partial charge in [0, 0.05) is 18.0 Å². The van der Waals surface area contributed by atoms with Gasteiger partial charge in [0.1, 0.15) is 0 Å². The lowest BCUT2D eigenvalue weighted by Crippen LogP contribution is -1.87. The molecule has 0 N–H and O–H groups in total. The first-order valence-electron chi connectivity index (χ1n) is 6.32. The average molecular weight is 298 g/mol. The molecule has 0 saturated heterocycles. The minimum atomic E-state index is 0.627. The second-order valence-corrected chi connectivity index (χ2v) is 5.30. The van der Waals surface area contributed by atoms with Crippen molar-refractivity contribution in [2.45, 2.75) is 10.9 Å². The third-order valence-electron chi connectivity index (χ3n) is 2.95. The molecule has 4 aromatic heterocycles. The first-order valence-corrected chi connectivity index (χ1v) is 7.31. The molecule has 0 saturated carbocycles. The van der Waals surface area contributed by atoms with Crippen LogP contribution in [0.15, 0.2) is 63.0 Å². The molecule has 6 nitrogen and oxygen atoms in total. The quantitative estimate of drug-likeness (QED) is 0.539. The van der Waals surface area contributed by atoms with E-state index in [0.29, 0.717) is 17.3 Å². The van der Waals surface area contributed by atoms with Gasteiger partial charge in [0.15, 0.2) is 16.6 Å². The summed E-state index contributed by atoms with van der Waals surface area (Å²) in [6.07, 6.45) is 3.54. The molecule has 4 aromatic rings. The molecule has 104 valence electrons. The molecule has 4 rings (SSSR count). The summed E-state index contributed by atoms with van der Waals surface area (Å²) in [5, 5.41) is 13.1. The molecule has 0 amide bonds. The van der Waals surface area contributed by atoms with Crippen molar-refractivity contribution in [3.63, 3.8) is 0 Å². The van der Waals surface area contributed by atoms with Gasteiger partial charge in [-0.05, 0) is 24.3 Å². The fraction of sp³-hybridized carbons (Fsp3) is 0.0714. The monoisotopic (exact) mass is 298 g/mol. The van der Waals surface area contributed by atoms with Gasteiger partial charge in [-0.25, -0.2) is 0 Å². The Balaban J connectivity index is 1.52. The van der Waals surface area contributed by atoms with E-state index in [9.17, 15) is 0 Å². The molecule has 0 spiro atoms. The average Bonchev–Trinajstić information content (AvgIpc) is 3.25. The minimum absolute atomic E-state index is 0.627. The van der Waals surface area contributed by atoms with Crippen molar-refractivity contribution in [3.8, 4) is 11.5 Å². The Bertz CT molecular complexity index is 866. The third kappa shape index (κ3) is 2.31. The number of thioether (sulfide) groups is 1. The highest BCUT2D eigenvalue weighted by molar-refractivity contribution is 7.98. The first kappa shape index (κ1) is 12.2. The molecule has 0 aliphatic rings. The molecule has 0 atom stereocenters. The van der Waals surface area contributed by atoms with E-state index in [1.807, 2.05) is 47.0 Å². The number of aromatic nitrogens is 4. The summed E-state index contributed by atoms with van der Waals surface area (Å²) in [6, 6.07) is 11.3. The van der Waals surface area contributed by atoms with E-state index in [-0.39, 0.29) is 0 Å². The molecular formula is C14H10N4O2S. The summed E-state index contributed by atoms with van der Waals surface area (Å²) < 4.78 is 12.5. The zero-order valence-corrected chi connectivity index (χ0v) is 11.7.